The van der Waals surface area contributed by atoms with Crippen LogP contribution in [0.25, 0.3) is 10.9 Å². The molecular formula is C15H18BrN3O. The molecule has 0 radical (unpaired) electrons. The molecule has 0 aliphatic heterocycles. The predicted octanol–water partition coefficient (Wildman–Crippen LogP) is 3.33. The molecule has 0 spiro atoms. The zero-order valence-electron chi connectivity index (χ0n) is 11.4. The lowest BCUT2D eigenvalue weighted by atomic mass is 10.2. The maximum atomic E-state index is 11.7. The van der Waals surface area contributed by atoms with Crippen molar-refractivity contribution < 1.29 is 4.79 Å². The van der Waals surface area contributed by atoms with Crippen molar-refractivity contribution >= 4 is 38.4 Å². The molecule has 2 N–H and O–H groups in total. The average Bonchev–Trinajstić information content (AvgIpc) is 2.45. The summed E-state index contributed by atoms with van der Waals surface area (Å²) in [6.45, 7) is 3.10. The van der Waals surface area contributed by atoms with Crippen molar-refractivity contribution in [3.8, 4) is 0 Å². The summed E-state index contributed by atoms with van der Waals surface area (Å²) in [5.41, 5.74) is 1.75. The van der Waals surface area contributed by atoms with Gasteiger partial charge in [-0.3, -0.25) is 9.78 Å². The third-order valence-electron chi connectivity index (χ3n) is 2.97. The summed E-state index contributed by atoms with van der Waals surface area (Å²) in [4.78, 5) is 16.1. The second-order valence-corrected chi connectivity index (χ2v) is 5.50. The van der Waals surface area contributed by atoms with Gasteiger partial charge in [0.1, 0.15) is 0 Å². The summed E-state index contributed by atoms with van der Waals surface area (Å²) >= 11 is 3.41. The fraction of sp³-hybridized carbons (Fsp3) is 0.333. The van der Waals surface area contributed by atoms with Crippen molar-refractivity contribution in [3.05, 3.63) is 34.9 Å². The first kappa shape index (κ1) is 14.8. The normalized spacial score (nSPS) is 10.5. The van der Waals surface area contributed by atoms with Gasteiger partial charge in [-0.25, -0.2) is 0 Å². The van der Waals surface area contributed by atoms with E-state index in [2.05, 4.69) is 38.5 Å². The number of anilines is 1. The number of carbonyl (C=O) groups is 1. The van der Waals surface area contributed by atoms with Crippen LogP contribution in [-0.2, 0) is 4.79 Å². The number of nitrogens with one attached hydrogen (secondary N) is 2. The number of carbonyl (C=O) groups excluding carboxylic acids is 1. The van der Waals surface area contributed by atoms with Crippen LogP contribution in [0.2, 0.25) is 0 Å². The van der Waals surface area contributed by atoms with Crippen LogP contribution in [0.1, 0.15) is 19.8 Å². The van der Waals surface area contributed by atoms with Crippen LogP contribution in [0.3, 0.4) is 0 Å². The molecule has 0 unspecified atom stereocenters. The molecule has 2 aromatic rings. The third-order valence-corrected chi connectivity index (χ3v) is 3.40. The van der Waals surface area contributed by atoms with E-state index in [1.54, 1.807) is 6.20 Å². The van der Waals surface area contributed by atoms with E-state index >= 15 is 0 Å². The molecule has 0 aliphatic rings. The SMILES string of the molecule is CCCCNC(=O)CNc1cccc2cc(Br)cnc12. The fourth-order valence-corrected chi connectivity index (χ4v) is 2.27. The van der Waals surface area contributed by atoms with Gasteiger partial charge in [0.05, 0.1) is 17.7 Å². The van der Waals surface area contributed by atoms with E-state index in [1.165, 1.54) is 0 Å². The molecule has 1 heterocycles. The summed E-state index contributed by atoms with van der Waals surface area (Å²) in [7, 11) is 0. The zero-order chi connectivity index (χ0) is 14.4. The van der Waals surface area contributed by atoms with Crippen molar-refractivity contribution in [1.82, 2.24) is 10.3 Å². The lowest BCUT2D eigenvalue weighted by molar-refractivity contribution is -0.119. The van der Waals surface area contributed by atoms with Gasteiger partial charge < -0.3 is 10.6 Å². The first-order chi connectivity index (χ1) is 9.70. The van der Waals surface area contributed by atoms with Crippen LogP contribution < -0.4 is 10.6 Å². The van der Waals surface area contributed by atoms with Gasteiger partial charge in [-0.1, -0.05) is 25.5 Å². The zero-order valence-corrected chi connectivity index (χ0v) is 13.0. The summed E-state index contributed by atoms with van der Waals surface area (Å²) in [5, 5.41) is 7.06. The lowest BCUT2D eigenvalue weighted by Crippen LogP contribution is -2.30. The molecule has 106 valence electrons. The Morgan fingerprint density at radius 3 is 3.05 bits per heavy atom. The Labute approximate surface area is 127 Å². The maximum absolute atomic E-state index is 11.7. The molecule has 20 heavy (non-hydrogen) atoms. The van der Waals surface area contributed by atoms with E-state index in [-0.39, 0.29) is 12.5 Å². The van der Waals surface area contributed by atoms with Crippen LogP contribution in [-0.4, -0.2) is 24.0 Å². The topological polar surface area (TPSA) is 54.0 Å². The van der Waals surface area contributed by atoms with E-state index in [0.29, 0.717) is 0 Å². The molecule has 0 fully saturated rings. The standard InChI is InChI=1S/C15H18BrN3O/c1-2-3-7-17-14(20)10-18-13-6-4-5-11-8-12(16)9-19-15(11)13/h4-6,8-9,18H,2-3,7,10H2,1H3,(H,17,20). The minimum Gasteiger partial charge on any atom is -0.374 e. The third kappa shape index (κ3) is 3.93. The van der Waals surface area contributed by atoms with Crippen molar-refractivity contribution in [2.45, 2.75) is 19.8 Å². The Hall–Kier alpha value is -1.62. The molecule has 5 heteroatoms. The number of halogens is 1. The second kappa shape index (κ2) is 7.24. The molecule has 0 atom stereocenters. The van der Waals surface area contributed by atoms with Crippen LogP contribution in [0.4, 0.5) is 5.69 Å². The number of hydrogen-bond acceptors (Lipinski definition) is 3. The van der Waals surface area contributed by atoms with Gasteiger partial charge >= 0.3 is 0 Å². The highest BCUT2D eigenvalue weighted by Gasteiger charge is 2.05. The molecule has 0 saturated heterocycles. The van der Waals surface area contributed by atoms with E-state index in [4.69, 9.17) is 0 Å². The molecular weight excluding hydrogens is 318 g/mol. The van der Waals surface area contributed by atoms with Crippen LogP contribution in [0.5, 0.6) is 0 Å². The molecule has 1 aromatic carbocycles. The minimum atomic E-state index is 0.00700. The summed E-state index contributed by atoms with van der Waals surface area (Å²) in [6, 6.07) is 7.89. The number of amides is 1. The van der Waals surface area contributed by atoms with Gasteiger partial charge in [0.25, 0.3) is 0 Å². The molecule has 0 aliphatic carbocycles. The van der Waals surface area contributed by atoms with E-state index in [9.17, 15) is 4.79 Å². The number of benzene rings is 1. The van der Waals surface area contributed by atoms with Gasteiger partial charge in [-0.2, -0.15) is 0 Å². The van der Waals surface area contributed by atoms with Crippen molar-refractivity contribution in [1.29, 1.82) is 0 Å². The first-order valence-electron chi connectivity index (χ1n) is 6.75. The second-order valence-electron chi connectivity index (χ2n) is 4.59. The maximum Gasteiger partial charge on any atom is 0.239 e. The average molecular weight is 336 g/mol. The van der Waals surface area contributed by atoms with E-state index < -0.39 is 0 Å². The number of fused-ring (bicyclic) bond motifs is 1. The number of hydrogen-bond donors (Lipinski definition) is 2. The highest BCUT2D eigenvalue weighted by Crippen LogP contribution is 2.23. The number of pyridine rings is 1. The monoisotopic (exact) mass is 335 g/mol. The molecule has 1 amide bonds. The quantitative estimate of drug-likeness (QED) is 0.796. The summed E-state index contributed by atoms with van der Waals surface area (Å²) in [5.74, 6) is 0.00700. The van der Waals surface area contributed by atoms with Crippen LogP contribution in [0, 0.1) is 0 Å². The number of unbranched alkanes of at least 4 members (excludes halogenated alkanes) is 1. The first-order valence-corrected chi connectivity index (χ1v) is 7.55. The van der Waals surface area contributed by atoms with Gasteiger partial charge in [-0.05, 0) is 34.5 Å². The summed E-state index contributed by atoms with van der Waals surface area (Å²) < 4.78 is 0.944. The lowest BCUT2D eigenvalue weighted by Gasteiger charge is -2.09. The van der Waals surface area contributed by atoms with Gasteiger partial charge in [0.2, 0.25) is 5.91 Å². The van der Waals surface area contributed by atoms with Crippen LogP contribution >= 0.6 is 15.9 Å². The van der Waals surface area contributed by atoms with Crippen LogP contribution in [0.15, 0.2) is 34.9 Å². The highest BCUT2D eigenvalue weighted by atomic mass is 79.9. The number of rotatable bonds is 6. The Kier molecular flexibility index (Phi) is 5.35. The molecule has 2 rings (SSSR count). The molecule has 0 saturated carbocycles. The Morgan fingerprint density at radius 1 is 1.40 bits per heavy atom. The Morgan fingerprint density at radius 2 is 2.25 bits per heavy atom. The van der Waals surface area contributed by atoms with Crippen molar-refractivity contribution in [2.75, 3.05) is 18.4 Å². The fourth-order valence-electron chi connectivity index (χ4n) is 1.92. The van der Waals surface area contributed by atoms with E-state index in [0.717, 1.165) is 40.4 Å². The largest absolute Gasteiger partial charge is 0.374 e. The number of nitrogens with zero attached hydrogens (tertiary/aromatic N) is 1. The summed E-state index contributed by atoms with van der Waals surface area (Å²) in [6.07, 6.45) is 3.85. The number of para-hydroxylation sites is 1. The molecule has 4 nitrogen and oxygen atoms in total. The van der Waals surface area contributed by atoms with Crippen molar-refractivity contribution in [2.24, 2.45) is 0 Å². The predicted molar refractivity (Wildman–Crippen MR) is 85.9 cm³/mol. The minimum absolute atomic E-state index is 0.00700. The van der Waals surface area contributed by atoms with Crippen molar-refractivity contribution in [3.63, 3.8) is 0 Å². The molecule has 1 aromatic heterocycles. The highest BCUT2D eigenvalue weighted by molar-refractivity contribution is 9.10. The smallest absolute Gasteiger partial charge is 0.239 e. The van der Waals surface area contributed by atoms with Gasteiger partial charge in [0.15, 0.2) is 0 Å². The van der Waals surface area contributed by atoms with Gasteiger partial charge in [0, 0.05) is 22.6 Å². The van der Waals surface area contributed by atoms with E-state index in [1.807, 2.05) is 24.3 Å². The van der Waals surface area contributed by atoms with Gasteiger partial charge in [-0.15, -0.1) is 0 Å². The Bertz CT molecular complexity index is 601. The molecule has 0 bridgehead atoms. The Balaban J connectivity index is 2.01. The number of aromatic nitrogens is 1.